The second-order valence-corrected chi connectivity index (χ2v) is 12.8. The molecule has 1 aromatic heterocycles. The van der Waals surface area contributed by atoms with E-state index in [0.29, 0.717) is 66.7 Å². The van der Waals surface area contributed by atoms with Crippen LogP contribution in [0, 0.1) is 3.57 Å². The molecule has 0 N–H and O–H groups in total. The van der Waals surface area contributed by atoms with Crippen LogP contribution < -0.4 is 33.8 Å². The van der Waals surface area contributed by atoms with Crippen LogP contribution in [0.1, 0.15) is 36.6 Å². The molecule has 0 saturated heterocycles. The van der Waals surface area contributed by atoms with E-state index in [0.717, 1.165) is 9.13 Å². The maximum atomic E-state index is 14.0. The van der Waals surface area contributed by atoms with Crippen LogP contribution in [0.2, 0.25) is 10.0 Å². The molecule has 0 spiro atoms. The minimum atomic E-state index is -0.800. The number of carbonyl (C=O) groups excluding carboxylic acids is 1. The quantitative estimate of drug-likeness (QED) is 0.130. The van der Waals surface area contributed by atoms with Gasteiger partial charge in [-0.05, 0) is 90.0 Å². The third-order valence-corrected chi connectivity index (χ3v) is 9.33. The van der Waals surface area contributed by atoms with Gasteiger partial charge in [0.2, 0.25) is 0 Å². The van der Waals surface area contributed by atoms with E-state index < -0.39 is 12.0 Å². The van der Waals surface area contributed by atoms with Crippen molar-refractivity contribution in [3.8, 4) is 23.0 Å². The maximum absolute atomic E-state index is 14.0. The molecule has 9 nitrogen and oxygen atoms in total. The normalized spacial score (nSPS) is 14.2. The Morgan fingerprint density at radius 2 is 1.76 bits per heavy atom. The second-order valence-electron chi connectivity index (χ2n) is 9.81. The number of nitrogens with zero attached hydrogens (tertiary/aromatic N) is 2. The first-order chi connectivity index (χ1) is 22.2. The average molecular weight is 795 g/mol. The van der Waals surface area contributed by atoms with Gasteiger partial charge < -0.3 is 23.7 Å². The molecule has 0 bridgehead atoms. The Balaban J connectivity index is 1.56. The Bertz CT molecular complexity index is 2010. The number of benzene rings is 3. The minimum absolute atomic E-state index is 0.208. The number of esters is 1. The molecule has 1 atom stereocenters. The van der Waals surface area contributed by atoms with Crippen LogP contribution in [0.3, 0.4) is 0 Å². The predicted octanol–water partition coefficient (Wildman–Crippen LogP) is 6.31. The van der Waals surface area contributed by atoms with Gasteiger partial charge in [-0.2, -0.15) is 0 Å². The smallest absolute Gasteiger partial charge is 0.337 e. The number of halogens is 3. The third-order valence-electron chi connectivity index (χ3n) is 6.94. The summed E-state index contributed by atoms with van der Waals surface area (Å²) in [5.74, 6) is 1.50. The lowest BCUT2D eigenvalue weighted by Gasteiger charge is -2.23. The molecule has 0 unspecified atom stereocenters. The largest absolute Gasteiger partial charge is 0.493 e. The van der Waals surface area contributed by atoms with Gasteiger partial charge in [-0.25, -0.2) is 9.79 Å². The van der Waals surface area contributed by atoms with Crippen LogP contribution >= 0.6 is 57.1 Å². The summed E-state index contributed by atoms with van der Waals surface area (Å²) < 4.78 is 31.1. The van der Waals surface area contributed by atoms with Crippen LogP contribution in [-0.2, 0) is 16.1 Å². The van der Waals surface area contributed by atoms with Crippen molar-refractivity contribution < 1.29 is 28.5 Å². The molecule has 240 valence electrons. The second kappa shape index (κ2) is 14.9. The van der Waals surface area contributed by atoms with Crippen molar-refractivity contribution in [2.75, 3.05) is 27.4 Å². The highest BCUT2D eigenvalue weighted by Crippen LogP contribution is 2.37. The lowest BCUT2D eigenvalue weighted by molar-refractivity contribution is -0.136. The minimum Gasteiger partial charge on any atom is -0.493 e. The van der Waals surface area contributed by atoms with Gasteiger partial charge in [-0.3, -0.25) is 9.36 Å². The van der Waals surface area contributed by atoms with E-state index in [1.165, 1.54) is 29.2 Å². The first-order valence-electron chi connectivity index (χ1n) is 14.1. The van der Waals surface area contributed by atoms with Crippen molar-refractivity contribution in [1.29, 1.82) is 0 Å². The Morgan fingerprint density at radius 1 is 1.00 bits per heavy atom. The summed E-state index contributed by atoms with van der Waals surface area (Å²) in [6.07, 6.45) is 3.21. The molecule has 0 aliphatic carbocycles. The van der Waals surface area contributed by atoms with Gasteiger partial charge in [0, 0.05) is 21.8 Å². The number of fused-ring (bicyclic) bond motifs is 1. The van der Waals surface area contributed by atoms with Crippen molar-refractivity contribution in [2.24, 2.45) is 4.99 Å². The van der Waals surface area contributed by atoms with Crippen LogP contribution in [0.15, 0.2) is 70.1 Å². The van der Waals surface area contributed by atoms with E-state index >= 15 is 0 Å². The molecule has 46 heavy (non-hydrogen) atoms. The average Bonchev–Trinajstić information content (AvgIpc) is 3.35. The predicted molar refractivity (Wildman–Crippen MR) is 186 cm³/mol. The van der Waals surface area contributed by atoms with E-state index in [4.69, 9.17) is 46.9 Å². The molecule has 5 rings (SSSR count). The van der Waals surface area contributed by atoms with Crippen LogP contribution in [0.25, 0.3) is 6.08 Å². The molecule has 0 amide bonds. The molecular formula is C33H29Cl2IN2O7S. The monoisotopic (exact) mass is 794 g/mol. The van der Waals surface area contributed by atoms with Crippen molar-refractivity contribution in [3.05, 3.63) is 110 Å². The number of hydrogen-bond donors (Lipinski definition) is 0. The van der Waals surface area contributed by atoms with Gasteiger partial charge in [0.1, 0.15) is 6.61 Å². The first-order valence-corrected chi connectivity index (χ1v) is 16.8. The highest BCUT2D eigenvalue weighted by atomic mass is 127. The third kappa shape index (κ3) is 7.07. The van der Waals surface area contributed by atoms with Gasteiger partial charge in [0.15, 0.2) is 27.8 Å². The van der Waals surface area contributed by atoms with Gasteiger partial charge in [0.25, 0.3) is 5.56 Å². The summed E-state index contributed by atoms with van der Waals surface area (Å²) >= 11 is 15.7. The van der Waals surface area contributed by atoms with E-state index in [1.807, 2.05) is 26.0 Å². The zero-order valence-corrected chi connectivity index (χ0v) is 29.8. The van der Waals surface area contributed by atoms with Crippen molar-refractivity contribution in [3.63, 3.8) is 0 Å². The molecule has 0 fully saturated rings. The molecule has 1 aliphatic rings. The Morgan fingerprint density at radius 3 is 2.46 bits per heavy atom. The summed E-state index contributed by atoms with van der Waals surface area (Å²) in [6.45, 7) is 4.83. The fourth-order valence-corrected chi connectivity index (χ4v) is 7.10. The van der Waals surface area contributed by atoms with Crippen molar-refractivity contribution in [2.45, 2.75) is 26.5 Å². The standard InChI is InChI=1S/C33H29Cl2IN2O7S/c1-5-43-25-10-8-19(14-26(25)44-6-2)29-22(32(40)42-4)16-37-33-38(29)31(39)28(46-33)13-18-11-24(36)30(27(12-18)41-3)45-17-20-7-9-21(34)15-23(20)35/h7-16,29H,5-6,17H2,1-4H3/b28-13-/t29-/m0/s1. The number of carbonyl (C=O) groups is 1. The van der Waals surface area contributed by atoms with E-state index in [1.54, 1.807) is 49.6 Å². The van der Waals surface area contributed by atoms with Crippen LogP contribution in [-0.4, -0.2) is 38.0 Å². The van der Waals surface area contributed by atoms with Crippen LogP contribution in [0.4, 0.5) is 0 Å². The number of methoxy groups -OCH3 is 2. The van der Waals surface area contributed by atoms with Gasteiger partial charge in [0.05, 0.1) is 47.2 Å². The van der Waals surface area contributed by atoms with E-state index in [-0.39, 0.29) is 17.7 Å². The number of ether oxygens (including phenoxy) is 5. The molecule has 0 saturated carbocycles. The number of hydrogen-bond acceptors (Lipinski definition) is 9. The van der Waals surface area contributed by atoms with Crippen molar-refractivity contribution >= 4 is 69.2 Å². The summed E-state index contributed by atoms with van der Waals surface area (Å²) in [4.78, 5) is 31.8. The summed E-state index contributed by atoms with van der Waals surface area (Å²) in [6, 6.07) is 13.5. The SMILES string of the molecule is CCOc1ccc([C@H]2C(C(=O)OC)=CN=c3s/c(=C\c4cc(I)c(OCc5ccc(Cl)cc5Cl)c(OC)c4)c(=O)n32)cc1OCC. The molecule has 2 heterocycles. The van der Waals surface area contributed by atoms with E-state index in [2.05, 4.69) is 27.6 Å². The number of aromatic nitrogens is 1. The lowest BCUT2D eigenvalue weighted by Crippen LogP contribution is -2.39. The topological polar surface area (TPSA) is 97.6 Å². The summed E-state index contributed by atoms with van der Waals surface area (Å²) in [5, 5.41) is 1.04. The van der Waals surface area contributed by atoms with E-state index in [9.17, 15) is 9.59 Å². The zero-order valence-electron chi connectivity index (χ0n) is 25.3. The Hall–Kier alpha value is -3.52. The highest BCUT2D eigenvalue weighted by molar-refractivity contribution is 14.1. The number of rotatable bonds is 11. The zero-order chi connectivity index (χ0) is 33.0. The Labute approximate surface area is 292 Å². The maximum Gasteiger partial charge on any atom is 0.337 e. The van der Waals surface area contributed by atoms with Gasteiger partial charge >= 0.3 is 5.97 Å². The van der Waals surface area contributed by atoms with Crippen LogP contribution in [0.5, 0.6) is 23.0 Å². The molecular weight excluding hydrogens is 766 g/mol. The molecule has 0 radical (unpaired) electrons. The fraction of sp³-hybridized carbons (Fsp3) is 0.242. The fourth-order valence-electron chi connectivity index (χ4n) is 4.89. The molecule has 4 aromatic rings. The van der Waals surface area contributed by atoms with Crippen molar-refractivity contribution in [1.82, 2.24) is 4.57 Å². The molecule has 13 heteroatoms. The molecule has 3 aromatic carbocycles. The van der Waals surface area contributed by atoms with Gasteiger partial charge in [-0.1, -0.05) is 46.7 Å². The summed E-state index contributed by atoms with van der Waals surface area (Å²) in [5.41, 5.74) is 2.03. The highest BCUT2D eigenvalue weighted by Gasteiger charge is 2.31. The first kappa shape index (κ1) is 33.8. The Kier molecular flexibility index (Phi) is 11.0. The summed E-state index contributed by atoms with van der Waals surface area (Å²) in [7, 11) is 2.84. The lowest BCUT2D eigenvalue weighted by atomic mass is 9.97. The van der Waals surface area contributed by atoms with Gasteiger partial charge in [-0.15, -0.1) is 0 Å². The number of thiazole rings is 1. The molecule has 1 aliphatic heterocycles.